The second-order valence-electron chi connectivity index (χ2n) is 6.14. The minimum absolute atomic E-state index is 0.0115. The lowest BCUT2D eigenvalue weighted by Crippen LogP contribution is -2.50. The number of nitrogens with zero attached hydrogens (tertiary/aromatic N) is 1. The van der Waals surface area contributed by atoms with Crippen molar-refractivity contribution >= 4 is 12.0 Å². The molecule has 0 aromatic carbocycles. The van der Waals surface area contributed by atoms with Gasteiger partial charge in [0.05, 0.1) is 6.42 Å². The van der Waals surface area contributed by atoms with Crippen molar-refractivity contribution in [2.75, 3.05) is 6.54 Å². The van der Waals surface area contributed by atoms with Gasteiger partial charge < -0.3 is 15.3 Å². The zero-order chi connectivity index (χ0) is 15.1. The minimum atomic E-state index is -0.867. The van der Waals surface area contributed by atoms with Gasteiger partial charge in [0.1, 0.15) is 0 Å². The summed E-state index contributed by atoms with van der Waals surface area (Å²) in [6, 6.07) is -0.0606. The third-order valence-electron chi connectivity index (χ3n) is 3.83. The summed E-state index contributed by atoms with van der Waals surface area (Å²) < 4.78 is 0. The first-order valence-corrected chi connectivity index (χ1v) is 7.73. The van der Waals surface area contributed by atoms with Crippen LogP contribution in [0.5, 0.6) is 0 Å². The molecule has 0 heterocycles. The maximum absolute atomic E-state index is 12.4. The van der Waals surface area contributed by atoms with Gasteiger partial charge in [-0.1, -0.05) is 33.6 Å². The van der Waals surface area contributed by atoms with E-state index in [1.165, 1.54) is 12.8 Å². The molecule has 1 aliphatic rings. The molecule has 5 nitrogen and oxygen atoms in total. The molecule has 1 aliphatic carbocycles. The third-order valence-corrected chi connectivity index (χ3v) is 3.83. The minimum Gasteiger partial charge on any atom is -0.481 e. The summed E-state index contributed by atoms with van der Waals surface area (Å²) in [5.74, 6) is -0.450. The molecule has 1 rings (SSSR count). The standard InChI is InChI=1S/C15H28N2O3/c1-4-12(9-14(18)19)16-15(20)17(10-11(2)3)13-7-5-6-8-13/h11-13H,4-10H2,1-3H3,(H,16,20)(H,18,19). The molecule has 0 aromatic rings. The third kappa shape index (κ3) is 5.39. The first-order chi connectivity index (χ1) is 9.43. The molecular formula is C15H28N2O3. The summed E-state index contributed by atoms with van der Waals surface area (Å²) in [4.78, 5) is 25.1. The van der Waals surface area contributed by atoms with E-state index >= 15 is 0 Å². The van der Waals surface area contributed by atoms with Gasteiger partial charge in [0.25, 0.3) is 0 Å². The van der Waals surface area contributed by atoms with Gasteiger partial charge in [-0.05, 0) is 25.2 Å². The maximum atomic E-state index is 12.4. The van der Waals surface area contributed by atoms with Gasteiger partial charge in [-0.25, -0.2) is 4.79 Å². The van der Waals surface area contributed by atoms with Gasteiger partial charge >= 0.3 is 12.0 Å². The molecule has 0 bridgehead atoms. The van der Waals surface area contributed by atoms with Crippen LogP contribution in [0.2, 0.25) is 0 Å². The largest absolute Gasteiger partial charge is 0.481 e. The highest BCUT2D eigenvalue weighted by molar-refractivity contribution is 5.76. The number of amides is 2. The van der Waals surface area contributed by atoms with Crippen LogP contribution in [0.3, 0.4) is 0 Å². The van der Waals surface area contributed by atoms with Gasteiger partial charge in [0.15, 0.2) is 0 Å². The fourth-order valence-electron chi connectivity index (χ4n) is 2.77. The zero-order valence-corrected chi connectivity index (χ0v) is 12.9. The van der Waals surface area contributed by atoms with Crippen molar-refractivity contribution in [1.82, 2.24) is 10.2 Å². The molecule has 5 heteroatoms. The molecule has 20 heavy (non-hydrogen) atoms. The van der Waals surface area contributed by atoms with E-state index in [0.29, 0.717) is 18.4 Å². The molecule has 0 radical (unpaired) electrons. The first kappa shape index (κ1) is 16.8. The Morgan fingerprint density at radius 2 is 1.90 bits per heavy atom. The van der Waals surface area contributed by atoms with E-state index < -0.39 is 5.97 Å². The van der Waals surface area contributed by atoms with E-state index in [9.17, 15) is 9.59 Å². The number of rotatable bonds is 7. The Kier molecular flexibility index (Phi) is 6.82. The Hall–Kier alpha value is -1.26. The summed E-state index contributed by atoms with van der Waals surface area (Å²) in [5, 5.41) is 11.7. The van der Waals surface area contributed by atoms with Crippen LogP contribution in [0.25, 0.3) is 0 Å². The summed E-state index contributed by atoms with van der Waals surface area (Å²) in [6.45, 7) is 6.84. The fraction of sp³-hybridized carbons (Fsp3) is 0.867. The highest BCUT2D eigenvalue weighted by Gasteiger charge is 2.28. The lowest BCUT2D eigenvalue weighted by atomic mass is 10.1. The quantitative estimate of drug-likeness (QED) is 0.755. The lowest BCUT2D eigenvalue weighted by Gasteiger charge is -2.32. The van der Waals surface area contributed by atoms with Gasteiger partial charge in [-0.15, -0.1) is 0 Å². The number of hydrogen-bond donors (Lipinski definition) is 2. The van der Waals surface area contributed by atoms with Crippen molar-refractivity contribution in [2.45, 2.75) is 71.4 Å². The predicted octanol–water partition coefficient (Wildman–Crippen LogP) is 2.85. The molecule has 1 fully saturated rings. The Morgan fingerprint density at radius 1 is 1.30 bits per heavy atom. The topological polar surface area (TPSA) is 69.6 Å². The van der Waals surface area contributed by atoms with Crippen molar-refractivity contribution in [3.05, 3.63) is 0 Å². The van der Waals surface area contributed by atoms with Crippen LogP contribution in [0.4, 0.5) is 4.79 Å². The van der Waals surface area contributed by atoms with Crippen LogP contribution in [-0.4, -0.2) is 40.6 Å². The molecule has 116 valence electrons. The number of aliphatic carboxylic acids is 1. The van der Waals surface area contributed by atoms with Gasteiger partial charge in [0.2, 0.25) is 0 Å². The highest BCUT2D eigenvalue weighted by atomic mass is 16.4. The number of hydrogen-bond acceptors (Lipinski definition) is 2. The van der Waals surface area contributed by atoms with Gasteiger partial charge in [-0.3, -0.25) is 4.79 Å². The smallest absolute Gasteiger partial charge is 0.317 e. The molecule has 0 spiro atoms. The molecule has 0 aliphatic heterocycles. The van der Waals surface area contributed by atoms with Crippen molar-refractivity contribution in [3.8, 4) is 0 Å². The summed E-state index contributed by atoms with van der Waals surface area (Å²) in [7, 11) is 0. The number of carboxylic acids is 1. The van der Waals surface area contributed by atoms with Crippen LogP contribution >= 0.6 is 0 Å². The van der Waals surface area contributed by atoms with E-state index in [4.69, 9.17) is 5.11 Å². The molecule has 0 aromatic heterocycles. The van der Waals surface area contributed by atoms with Crippen LogP contribution < -0.4 is 5.32 Å². The van der Waals surface area contributed by atoms with Crippen molar-refractivity contribution in [3.63, 3.8) is 0 Å². The molecule has 2 amide bonds. The van der Waals surface area contributed by atoms with Crippen molar-refractivity contribution < 1.29 is 14.7 Å². The zero-order valence-electron chi connectivity index (χ0n) is 12.9. The molecule has 1 saturated carbocycles. The first-order valence-electron chi connectivity index (χ1n) is 7.73. The molecule has 1 atom stereocenters. The second kappa shape index (κ2) is 8.12. The Labute approximate surface area is 121 Å². The van der Waals surface area contributed by atoms with Gasteiger partial charge in [-0.2, -0.15) is 0 Å². The molecular weight excluding hydrogens is 256 g/mol. The van der Waals surface area contributed by atoms with Crippen LogP contribution in [-0.2, 0) is 4.79 Å². The number of nitrogens with one attached hydrogen (secondary N) is 1. The normalized spacial score (nSPS) is 17.2. The Bertz CT molecular complexity index is 325. The molecule has 1 unspecified atom stereocenters. The number of carbonyl (C=O) groups is 2. The van der Waals surface area contributed by atoms with Crippen molar-refractivity contribution in [2.24, 2.45) is 5.92 Å². The van der Waals surface area contributed by atoms with Crippen molar-refractivity contribution in [1.29, 1.82) is 0 Å². The predicted molar refractivity (Wildman–Crippen MR) is 78.7 cm³/mol. The maximum Gasteiger partial charge on any atom is 0.317 e. The van der Waals surface area contributed by atoms with Crippen LogP contribution in [0.15, 0.2) is 0 Å². The van der Waals surface area contributed by atoms with Crippen LogP contribution in [0.1, 0.15) is 59.3 Å². The van der Waals surface area contributed by atoms with E-state index in [2.05, 4.69) is 19.2 Å². The van der Waals surface area contributed by atoms with E-state index in [0.717, 1.165) is 19.4 Å². The average molecular weight is 284 g/mol. The monoisotopic (exact) mass is 284 g/mol. The SMILES string of the molecule is CCC(CC(=O)O)NC(=O)N(CC(C)C)C1CCCC1. The fourth-order valence-corrected chi connectivity index (χ4v) is 2.77. The average Bonchev–Trinajstić information content (AvgIpc) is 2.87. The number of carboxylic acid groups (broad SMARTS) is 1. The summed E-state index contributed by atoms with van der Waals surface area (Å²) in [6.07, 6.45) is 5.12. The molecule has 2 N–H and O–H groups in total. The highest BCUT2D eigenvalue weighted by Crippen LogP contribution is 2.24. The van der Waals surface area contributed by atoms with Crippen LogP contribution in [0, 0.1) is 5.92 Å². The Morgan fingerprint density at radius 3 is 2.35 bits per heavy atom. The second-order valence-corrected chi connectivity index (χ2v) is 6.14. The number of carbonyl (C=O) groups excluding carboxylic acids is 1. The van der Waals surface area contributed by atoms with E-state index in [-0.39, 0.29) is 18.5 Å². The molecule has 0 saturated heterocycles. The summed E-state index contributed by atoms with van der Waals surface area (Å²) >= 11 is 0. The van der Waals surface area contributed by atoms with E-state index in [1.807, 2.05) is 11.8 Å². The van der Waals surface area contributed by atoms with Gasteiger partial charge in [0, 0.05) is 18.6 Å². The summed E-state index contributed by atoms with van der Waals surface area (Å²) in [5.41, 5.74) is 0. The Balaban J connectivity index is 2.63. The lowest BCUT2D eigenvalue weighted by molar-refractivity contribution is -0.137. The number of urea groups is 1. The van der Waals surface area contributed by atoms with E-state index in [1.54, 1.807) is 0 Å².